The molecule has 1 unspecified atom stereocenters. The van der Waals surface area contributed by atoms with Crippen LogP contribution >= 0.6 is 0 Å². The van der Waals surface area contributed by atoms with Crippen molar-refractivity contribution in [3.8, 4) is 0 Å². The molecule has 0 aliphatic heterocycles. The number of carboxylic acids is 1. The molecule has 1 fully saturated rings. The highest BCUT2D eigenvalue weighted by atomic mass is 16.6. The van der Waals surface area contributed by atoms with Crippen LogP contribution in [0.3, 0.4) is 0 Å². The van der Waals surface area contributed by atoms with Gasteiger partial charge in [0.15, 0.2) is 0 Å². The summed E-state index contributed by atoms with van der Waals surface area (Å²) in [6.07, 6.45) is 13.3. The second-order valence-electron chi connectivity index (χ2n) is 7.37. The average molecular weight is 338 g/mol. The normalized spacial score (nSPS) is 23.8. The van der Waals surface area contributed by atoms with Crippen LogP contribution in [0.1, 0.15) is 85.0 Å². The van der Waals surface area contributed by atoms with E-state index in [1.54, 1.807) is 0 Å². The van der Waals surface area contributed by atoms with Gasteiger partial charge in [-0.25, -0.2) is 9.59 Å². The number of aliphatic carboxylic acids is 1. The molecule has 24 heavy (non-hydrogen) atoms. The molecule has 0 aromatic carbocycles. The minimum Gasteiger partial charge on any atom is -0.478 e. The smallest absolute Gasteiger partial charge is 0.331 e. The number of unbranched alkanes of at least 4 members (excludes halogenated alkanes) is 2. The molecule has 0 aromatic heterocycles. The molecule has 0 radical (unpaired) electrons. The summed E-state index contributed by atoms with van der Waals surface area (Å²) >= 11 is 0. The van der Waals surface area contributed by atoms with E-state index in [2.05, 4.69) is 13.8 Å². The average Bonchev–Trinajstić information content (AvgIpc) is 2.56. The summed E-state index contributed by atoms with van der Waals surface area (Å²) in [4.78, 5) is 22.6. The Bertz CT molecular complexity index is 421. The molecule has 0 saturated heterocycles. The van der Waals surface area contributed by atoms with Crippen molar-refractivity contribution < 1.29 is 19.4 Å². The highest BCUT2D eigenvalue weighted by Crippen LogP contribution is 2.41. The largest absolute Gasteiger partial charge is 0.478 e. The Morgan fingerprint density at radius 3 is 2.25 bits per heavy atom. The molecular weight excluding hydrogens is 304 g/mol. The van der Waals surface area contributed by atoms with Crippen LogP contribution < -0.4 is 0 Å². The van der Waals surface area contributed by atoms with Gasteiger partial charge in [-0.15, -0.1) is 0 Å². The number of carbonyl (C=O) groups excluding carboxylic acids is 1. The fourth-order valence-corrected chi connectivity index (χ4v) is 3.82. The first kappa shape index (κ1) is 20.7. The third-order valence-electron chi connectivity index (χ3n) is 5.40. The Balaban J connectivity index is 2.66. The lowest BCUT2D eigenvalue weighted by molar-refractivity contribution is -0.161. The van der Waals surface area contributed by atoms with Crippen molar-refractivity contribution in [2.45, 2.75) is 90.6 Å². The van der Waals surface area contributed by atoms with Gasteiger partial charge in [-0.2, -0.15) is 0 Å². The summed E-state index contributed by atoms with van der Waals surface area (Å²) in [5.41, 5.74) is -0.480. The van der Waals surface area contributed by atoms with Crippen molar-refractivity contribution in [2.75, 3.05) is 0 Å². The topological polar surface area (TPSA) is 63.6 Å². The van der Waals surface area contributed by atoms with Crippen molar-refractivity contribution in [1.29, 1.82) is 0 Å². The van der Waals surface area contributed by atoms with Crippen LogP contribution in [0.5, 0.6) is 0 Å². The van der Waals surface area contributed by atoms with E-state index in [1.165, 1.54) is 32.1 Å². The number of ether oxygens (including phenoxy) is 1. The van der Waals surface area contributed by atoms with Gasteiger partial charge in [0, 0.05) is 12.2 Å². The van der Waals surface area contributed by atoms with E-state index < -0.39 is 17.5 Å². The Labute approximate surface area is 146 Å². The molecule has 4 nitrogen and oxygen atoms in total. The SMILES string of the molecule is CCCCC1CCC(C(C)(CCCC)OC(=O)/C=C/C(=O)O)CC1. The van der Waals surface area contributed by atoms with Gasteiger partial charge >= 0.3 is 11.9 Å². The van der Waals surface area contributed by atoms with Crippen LogP contribution in [0.4, 0.5) is 0 Å². The summed E-state index contributed by atoms with van der Waals surface area (Å²) in [5, 5.41) is 8.66. The predicted molar refractivity (Wildman–Crippen MR) is 95.8 cm³/mol. The first-order chi connectivity index (χ1) is 11.4. The van der Waals surface area contributed by atoms with Crippen LogP contribution in [0.2, 0.25) is 0 Å². The van der Waals surface area contributed by atoms with E-state index in [0.717, 1.165) is 50.2 Å². The van der Waals surface area contributed by atoms with Gasteiger partial charge in [-0.3, -0.25) is 0 Å². The van der Waals surface area contributed by atoms with E-state index in [4.69, 9.17) is 9.84 Å². The Morgan fingerprint density at radius 2 is 1.71 bits per heavy atom. The van der Waals surface area contributed by atoms with Gasteiger partial charge < -0.3 is 9.84 Å². The van der Waals surface area contributed by atoms with Crippen LogP contribution in [0.25, 0.3) is 0 Å². The molecule has 0 spiro atoms. The van der Waals surface area contributed by atoms with Crippen molar-refractivity contribution in [1.82, 2.24) is 0 Å². The van der Waals surface area contributed by atoms with Crippen LogP contribution in [-0.2, 0) is 14.3 Å². The van der Waals surface area contributed by atoms with Gasteiger partial charge in [-0.1, -0.05) is 52.4 Å². The monoisotopic (exact) mass is 338 g/mol. The third kappa shape index (κ3) is 7.06. The molecule has 0 bridgehead atoms. The zero-order chi connectivity index (χ0) is 18.0. The number of hydrogen-bond donors (Lipinski definition) is 1. The van der Waals surface area contributed by atoms with Crippen LogP contribution in [0.15, 0.2) is 12.2 Å². The first-order valence-corrected chi connectivity index (χ1v) is 9.55. The van der Waals surface area contributed by atoms with E-state index >= 15 is 0 Å². The van der Waals surface area contributed by atoms with Gasteiger partial charge in [0.25, 0.3) is 0 Å². The fraction of sp³-hybridized carbons (Fsp3) is 0.800. The lowest BCUT2D eigenvalue weighted by Gasteiger charge is -2.41. The van der Waals surface area contributed by atoms with Crippen molar-refractivity contribution in [2.24, 2.45) is 11.8 Å². The van der Waals surface area contributed by atoms with Crippen molar-refractivity contribution in [3.05, 3.63) is 12.2 Å². The maximum Gasteiger partial charge on any atom is 0.331 e. The number of rotatable bonds is 10. The maximum atomic E-state index is 12.0. The third-order valence-corrected chi connectivity index (χ3v) is 5.40. The van der Waals surface area contributed by atoms with Crippen molar-refractivity contribution >= 4 is 11.9 Å². The quantitative estimate of drug-likeness (QED) is 0.444. The first-order valence-electron chi connectivity index (χ1n) is 9.55. The van der Waals surface area contributed by atoms with Gasteiger partial charge in [0.05, 0.1) is 0 Å². The van der Waals surface area contributed by atoms with Gasteiger partial charge in [0.1, 0.15) is 5.60 Å². The van der Waals surface area contributed by atoms with Crippen LogP contribution in [-0.4, -0.2) is 22.6 Å². The van der Waals surface area contributed by atoms with E-state index in [9.17, 15) is 9.59 Å². The molecule has 138 valence electrons. The number of carbonyl (C=O) groups is 2. The predicted octanol–water partition coefficient (Wildman–Crippen LogP) is 5.12. The molecule has 1 saturated carbocycles. The second-order valence-corrected chi connectivity index (χ2v) is 7.37. The summed E-state index contributed by atoms with van der Waals surface area (Å²) in [5.74, 6) is -0.467. The zero-order valence-corrected chi connectivity index (χ0v) is 15.6. The highest BCUT2D eigenvalue weighted by molar-refractivity contribution is 5.90. The molecular formula is C20H34O4. The minimum absolute atomic E-state index is 0.379. The molecule has 1 aliphatic rings. The standard InChI is InChI=1S/C20H34O4/c1-4-6-8-16-9-11-17(12-10-16)20(3,15-7-5-2)24-19(23)14-13-18(21)22/h13-14,16-17H,4-12,15H2,1-3H3,(H,21,22)/b14-13+. The number of esters is 1. The molecule has 1 rings (SSSR count). The Morgan fingerprint density at radius 1 is 1.08 bits per heavy atom. The van der Waals surface area contributed by atoms with Crippen molar-refractivity contribution in [3.63, 3.8) is 0 Å². The van der Waals surface area contributed by atoms with Gasteiger partial charge in [-0.05, 0) is 44.4 Å². The summed E-state index contributed by atoms with van der Waals surface area (Å²) in [6.45, 7) is 6.40. The lowest BCUT2D eigenvalue weighted by Crippen LogP contribution is -2.41. The summed E-state index contributed by atoms with van der Waals surface area (Å²) in [7, 11) is 0. The van der Waals surface area contributed by atoms with E-state index in [1.807, 2.05) is 6.92 Å². The Hall–Kier alpha value is -1.32. The summed E-state index contributed by atoms with van der Waals surface area (Å²) < 4.78 is 5.76. The molecule has 0 amide bonds. The fourth-order valence-electron chi connectivity index (χ4n) is 3.82. The van der Waals surface area contributed by atoms with Crippen LogP contribution in [0, 0.1) is 11.8 Å². The number of carboxylic acid groups (broad SMARTS) is 1. The number of hydrogen-bond acceptors (Lipinski definition) is 3. The molecule has 4 heteroatoms. The molecule has 1 N–H and O–H groups in total. The molecule has 0 heterocycles. The minimum atomic E-state index is -1.13. The highest BCUT2D eigenvalue weighted by Gasteiger charge is 2.39. The van der Waals surface area contributed by atoms with Gasteiger partial charge in [0.2, 0.25) is 0 Å². The molecule has 1 aliphatic carbocycles. The van der Waals surface area contributed by atoms with E-state index in [0.29, 0.717) is 5.92 Å². The maximum absolute atomic E-state index is 12.0. The molecule has 0 aromatic rings. The molecule has 1 atom stereocenters. The van der Waals surface area contributed by atoms with E-state index in [-0.39, 0.29) is 0 Å². The second kappa shape index (κ2) is 10.5. The Kier molecular flexibility index (Phi) is 9.09. The zero-order valence-electron chi connectivity index (χ0n) is 15.6. The lowest BCUT2D eigenvalue weighted by atomic mass is 9.71. The summed E-state index contributed by atoms with van der Waals surface area (Å²) in [6, 6.07) is 0.